The van der Waals surface area contributed by atoms with Crippen LogP contribution in [0.3, 0.4) is 0 Å². The smallest absolute Gasteiger partial charge is 1.00 e. The van der Waals surface area contributed by atoms with Crippen LogP contribution in [0, 0.1) is 5.92 Å². The molecule has 3 aliphatic rings. The number of ketones is 1. The summed E-state index contributed by atoms with van der Waals surface area (Å²) in [5, 5.41) is 7.14. The third-order valence-electron chi connectivity index (χ3n) is 8.25. The molecule has 0 aromatic carbocycles. The van der Waals surface area contributed by atoms with Gasteiger partial charge in [-0.3, -0.25) is 14.4 Å². The average molecular weight is 1090 g/mol. The number of allylic oxidation sites excluding steroid dienone is 2. The quantitative estimate of drug-likeness (QED) is 0.0639. The number of carbonyl (C=O) groups is 5. The van der Waals surface area contributed by atoms with Crippen molar-refractivity contribution in [2.75, 3.05) is 25.0 Å². The molecule has 1 saturated carbocycles. The van der Waals surface area contributed by atoms with Crippen LogP contribution in [0.25, 0.3) is 0 Å². The number of carboxylic acids is 1. The number of nitrogens with two attached hydrogens (primary N) is 1. The molecule has 0 amide bonds. The van der Waals surface area contributed by atoms with Crippen molar-refractivity contribution in [3.8, 4) is 0 Å². The van der Waals surface area contributed by atoms with Gasteiger partial charge >= 0.3 is 94.2 Å². The van der Waals surface area contributed by atoms with E-state index >= 15 is 0 Å². The van der Waals surface area contributed by atoms with Crippen LogP contribution in [0.5, 0.6) is 0 Å². The van der Waals surface area contributed by atoms with Gasteiger partial charge in [-0.2, -0.15) is 64.8 Å². The first-order chi connectivity index (χ1) is 30.0. The van der Waals surface area contributed by atoms with Crippen LogP contribution in [0.15, 0.2) is 40.9 Å². The number of alkyl halides is 9. The van der Waals surface area contributed by atoms with Gasteiger partial charge in [-0.25, -0.2) is 14.6 Å². The molecule has 0 radical (unpaired) electrons. The summed E-state index contributed by atoms with van der Waals surface area (Å²) in [6.07, 6.45) is 8.42. The number of Topliss-reactive ketones (excluding diaryl/α,β-unsaturated/α-hetero) is 1. The molecule has 1 atom stereocenters. The van der Waals surface area contributed by atoms with Gasteiger partial charge in [-0.15, -0.1) is 3.71 Å². The van der Waals surface area contributed by atoms with Gasteiger partial charge in [0.1, 0.15) is 17.5 Å². The maximum atomic E-state index is 12.5. The number of aromatic nitrogens is 1. The second-order valence-corrected chi connectivity index (χ2v) is 18.8. The number of methoxy groups -OCH3 is 3. The largest absolute Gasteiger partial charge is 1.00 e. The molecule has 1 heterocycles. The molecule has 34 heteroatoms. The molecule has 0 aliphatic heterocycles. The number of carboxylic acid groups (broad SMARTS) is 1. The fraction of sp³-hybridized carbons (Fsp3) is 0.588. The fourth-order valence-electron chi connectivity index (χ4n) is 5.19. The van der Waals surface area contributed by atoms with Crippen molar-refractivity contribution in [2.45, 2.75) is 100 Å². The molecule has 6 N–H and O–H groups in total. The molecule has 0 bridgehead atoms. The molecule has 388 valence electrons. The average Bonchev–Trinajstić information content (AvgIpc) is 3.20. The van der Waals surface area contributed by atoms with Crippen LogP contribution in [0.1, 0.15) is 85.4 Å². The molecule has 1 unspecified atom stereocenters. The number of hydrogen-bond donors (Lipinski definition) is 3. The van der Waals surface area contributed by atoms with E-state index in [0.29, 0.717) is 49.2 Å². The van der Waals surface area contributed by atoms with Crippen LogP contribution in [0.4, 0.5) is 45.3 Å². The number of carbonyl (C=O) groups excluding carboxylic acids is 4. The Morgan fingerprint density at radius 3 is 1.54 bits per heavy atom. The maximum absolute atomic E-state index is 12.5. The van der Waals surface area contributed by atoms with Crippen LogP contribution < -0.4 is 45.2 Å². The normalized spacial score (nSPS) is 16.5. The molecule has 1 aromatic heterocycles. The zero-order valence-electron chi connectivity index (χ0n) is 37.5. The van der Waals surface area contributed by atoms with Crippen molar-refractivity contribution in [3.05, 3.63) is 46.0 Å². The number of sulfonamides is 2. The third kappa shape index (κ3) is 21.0. The Balaban J connectivity index is -0.000000405. The molecule has 20 nitrogen and oxygen atoms in total. The molecule has 0 spiro atoms. The summed E-state index contributed by atoms with van der Waals surface area (Å²) in [7, 11) is -15.8. The van der Waals surface area contributed by atoms with E-state index in [1.165, 1.54) is 14.2 Å². The number of aliphatic carboxylic acids is 1. The summed E-state index contributed by atoms with van der Waals surface area (Å²) < 4.78 is 193. The van der Waals surface area contributed by atoms with E-state index in [0.717, 1.165) is 52.6 Å². The van der Waals surface area contributed by atoms with Crippen LogP contribution >= 0.6 is 11.6 Å². The summed E-state index contributed by atoms with van der Waals surface area (Å²) in [6.45, 7) is 1.08. The molecular weight excluding hydrogens is 1050 g/mol. The SMILES string of the molecule is CC(=O)O.COC(=O)C1=C(N)CCCC1.COC(=O)C1=C(OS(=O)(=O)C(F)(F)F)CCCC1.COC(=O)C1CCCCC1=O.N.O=S(=O)(N(c1ccc(Cl)cn1)S(=O)(=O)C(F)(F)F)C(F)(F)F.[H-].[Na+]. The van der Waals surface area contributed by atoms with Crippen molar-refractivity contribution < 1.29 is 143 Å². The zero-order chi connectivity index (χ0) is 51.6. The Labute approximate surface area is 412 Å². The molecule has 3 aliphatic carbocycles. The first-order valence-corrected chi connectivity index (χ1v) is 22.9. The second-order valence-electron chi connectivity index (χ2n) is 13.0. The molecule has 4 rings (SSSR count). The van der Waals surface area contributed by atoms with E-state index in [4.69, 9.17) is 27.2 Å². The zero-order valence-corrected chi connectivity index (χ0v) is 41.8. The number of pyridine rings is 1. The van der Waals surface area contributed by atoms with E-state index in [1.807, 2.05) is 0 Å². The second kappa shape index (κ2) is 29.3. The Kier molecular flexibility index (Phi) is 29.4. The minimum Gasteiger partial charge on any atom is -1.00 e. The summed E-state index contributed by atoms with van der Waals surface area (Å²) in [5.74, 6) is -4.87. The standard InChI is InChI=1S/C9H11F3O5S.C8H13NO2.C8H12O3.C7H3ClF6N2O4S2.C2H4O2.H3N.Na.H/c1-16-8(13)6-4-2-3-5-7(6)17-18(14,15)9(10,11)12;2*1-11-8(10)6-4-2-3-5-7(6)9;8-4-1-2-5(15-3-4)16(21(17,18)6(9,10)11)22(19,20)7(12,13)14;1-2(3)4;;;/h2-5H2,1H3;2-5,9H2,1H3;6H,2-5H2,1H3;1-3H;1H3,(H,3,4);1H3;;/q;;;;;;+1;-1. The number of esters is 3. The summed E-state index contributed by atoms with van der Waals surface area (Å²) in [6, 6.07) is 0.934. The van der Waals surface area contributed by atoms with Gasteiger partial charge in [0.2, 0.25) is 0 Å². The Morgan fingerprint density at radius 2 is 1.16 bits per heavy atom. The predicted octanol–water partition coefficient (Wildman–Crippen LogP) is 3.33. The number of hydrogen-bond acceptors (Lipinski definition) is 18. The van der Waals surface area contributed by atoms with Crippen molar-refractivity contribution in [1.82, 2.24) is 11.1 Å². The van der Waals surface area contributed by atoms with Crippen molar-refractivity contribution in [1.29, 1.82) is 0 Å². The number of nitrogens with zero attached hydrogens (tertiary/aromatic N) is 2. The minimum absolute atomic E-state index is 0. The number of halogens is 10. The van der Waals surface area contributed by atoms with Crippen LogP contribution in [0.2, 0.25) is 5.02 Å². The van der Waals surface area contributed by atoms with Gasteiger partial charge in [0.25, 0.3) is 5.97 Å². The van der Waals surface area contributed by atoms with E-state index < -0.39 is 79.8 Å². The third-order valence-corrected chi connectivity index (χ3v) is 13.1. The number of anilines is 1. The molecule has 1 fully saturated rings. The first kappa shape index (κ1) is 68.3. The fourth-order valence-corrected chi connectivity index (χ4v) is 8.47. The van der Waals surface area contributed by atoms with Gasteiger partial charge in [-0.1, -0.05) is 18.0 Å². The van der Waals surface area contributed by atoms with Gasteiger partial charge in [0.05, 0.1) is 37.5 Å². The predicted molar refractivity (Wildman–Crippen MR) is 215 cm³/mol. The number of ether oxygens (including phenoxy) is 3. The van der Waals surface area contributed by atoms with Gasteiger partial charge in [-0.05, 0) is 69.9 Å². The summed E-state index contributed by atoms with van der Waals surface area (Å²) >= 11 is 5.30. The van der Waals surface area contributed by atoms with Gasteiger partial charge in [0.15, 0.2) is 5.82 Å². The molecular formula is C34H47ClF9N4NaO16S3. The first-order valence-electron chi connectivity index (χ1n) is 18.3. The van der Waals surface area contributed by atoms with Gasteiger partial charge < -0.3 is 36.8 Å². The van der Waals surface area contributed by atoms with E-state index in [1.54, 1.807) is 0 Å². The van der Waals surface area contributed by atoms with E-state index in [2.05, 4.69) is 23.4 Å². The Hall–Kier alpha value is -3.95. The Morgan fingerprint density at radius 1 is 0.735 bits per heavy atom. The van der Waals surface area contributed by atoms with Crippen molar-refractivity contribution in [2.24, 2.45) is 11.7 Å². The van der Waals surface area contributed by atoms with Crippen molar-refractivity contribution in [3.63, 3.8) is 0 Å². The van der Waals surface area contributed by atoms with Crippen LogP contribution in [-0.4, -0.2) is 103 Å². The number of rotatable bonds is 8. The van der Waals surface area contributed by atoms with Crippen LogP contribution in [-0.2, 0) is 72.5 Å². The minimum atomic E-state index is -6.93. The monoisotopic (exact) mass is 1090 g/mol. The van der Waals surface area contributed by atoms with Crippen molar-refractivity contribution >= 4 is 77.2 Å². The topological polar surface area (TPSA) is 322 Å². The molecule has 68 heavy (non-hydrogen) atoms. The maximum Gasteiger partial charge on any atom is 1.00 e. The summed E-state index contributed by atoms with van der Waals surface area (Å²) in [5.41, 5.74) is -11.3. The Bertz CT molecular complexity index is 2230. The van der Waals surface area contributed by atoms with E-state index in [-0.39, 0.29) is 84.4 Å². The molecule has 1 aromatic rings. The van der Waals surface area contributed by atoms with E-state index in [9.17, 15) is 83.9 Å². The summed E-state index contributed by atoms with van der Waals surface area (Å²) in [4.78, 5) is 56.2. The van der Waals surface area contributed by atoms with Gasteiger partial charge in [0, 0.05) is 31.7 Å². The molecule has 0 saturated heterocycles.